The number of hydrogen-bond acceptors (Lipinski definition) is 2. The summed E-state index contributed by atoms with van der Waals surface area (Å²) in [6, 6.07) is 6.68. The average molecular weight is 191 g/mol. The van der Waals surface area contributed by atoms with E-state index >= 15 is 0 Å². The standard InChI is InChI=1S/C11H13NS/c1-8-7-13-11-5-9(6-12-2)3-4-10(8)11/h3-5,7,12H,6H2,1-2H3. The van der Waals surface area contributed by atoms with E-state index in [1.807, 2.05) is 18.4 Å². The van der Waals surface area contributed by atoms with Crippen molar-refractivity contribution in [3.8, 4) is 0 Å². The summed E-state index contributed by atoms with van der Waals surface area (Å²) >= 11 is 1.83. The summed E-state index contributed by atoms with van der Waals surface area (Å²) in [5.41, 5.74) is 2.74. The van der Waals surface area contributed by atoms with Crippen LogP contribution < -0.4 is 5.32 Å². The molecule has 0 fully saturated rings. The summed E-state index contributed by atoms with van der Waals surface area (Å²) in [6.45, 7) is 3.11. The summed E-state index contributed by atoms with van der Waals surface area (Å²) in [4.78, 5) is 0. The van der Waals surface area contributed by atoms with E-state index in [0.717, 1.165) is 6.54 Å². The third-order valence-corrected chi connectivity index (χ3v) is 3.28. The fraction of sp³-hybridized carbons (Fsp3) is 0.273. The SMILES string of the molecule is CNCc1ccc2c(C)csc2c1. The monoisotopic (exact) mass is 191 g/mol. The molecule has 2 heteroatoms. The molecule has 0 aliphatic rings. The number of thiophene rings is 1. The van der Waals surface area contributed by atoms with E-state index in [-0.39, 0.29) is 0 Å². The van der Waals surface area contributed by atoms with Crippen LogP contribution in [0.15, 0.2) is 23.6 Å². The molecule has 0 bridgehead atoms. The highest BCUT2D eigenvalue weighted by Crippen LogP contribution is 2.26. The van der Waals surface area contributed by atoms with Gasteiger partial charge in [-0.2, -0.15) is 0 Å². The molecule has 2 aromatic rings. The van der Waals surface area contributed by atoms with Gasteiger partial charge in [0, 0.05) is 11.2 Å². The van der Waals surface area contributed by atoms with Gasteiger partial charge in [0.15, 0.2) is 0 Å². The maximum absolute atomic E-state index is 3.16. The van der Waals surface area contributed by atoms with Gasteiger partial charge in [0.05, 0.1) is 0 Å². The van der Waals surface area contributed by atoms with Gasteiger partial charge in [-0.15, -0.1) is 11.3 Å². The van der Waals surface area contributed by atoms with Crippen molar-refractivity contribution >= 4 is 21.4 Å². The maximum atomic E-state index is 3.16. The summed E-state index contributed by atoms with van der Waals surface area (Å²) < 4.78 is 1.39. The molecule has 0 aliphatic carbocycles. The molecule has 1 aromatic carbocycles. The molecule has 1 aromatic heterocycles. The molecule has 2 rings (SSSR count). The number of rotatable bonds is 2. The summed E-state index contributed by atoms with van der Waals surface area (Å²) in [5, 5.41) is 6.77. The molecule has 0 saturated heterocycles. The van der Waals surface area contributed by atoms with Gasteiger partial charge in [0.2, 0.25) is 0 Å². The van der Waals surface area contributed by atoms with E-state index in [1.54, 1.807) is 0 Å². The predicted molar refractivity (Wildman–Crippen MR) is 59.3 cm³/mol. The summed E-state index contributed by atoms with van der Waals surface area (Å²) in [6.07, 6.45) is 0. The number of hydrogen-bond donors (Lipinski definition) is 1. The third-order valence-electron chi connectivity index (χ3n) is 2.21. The lowest BCUT2D eigenvalue weighted by Crippen LogP contribution is -2.04. The molecule has 1 N–H and O–H groups in total. The minimum absolute atomic E-state index is 0.951. The van der Waals surface area contributed by atoms with Crippen LogP contribution in [0.3, 0.4) is 0 Å². The molecular weight excluding hydrogens is 178 g/mol. The van der Waals surface area contributed by atoms with Crippen LogP contribution in [0.25, 0.3) is 10.1 Å². The molecule has 0 saturated carbocycles. The zero-order chi connectivity index (χ0) is 9.26. The van der Waals surface area contributed by atoms with Crippen LogP contribution in [-0.4, -0.2) is 7.05 Å². The van der Waals surface area contributed by atoms with Gasteiger partial charge in [-0.3, -0.25) is 0 Å². The average Bonchev–Trinajstić information content (AvgIpc) is 2.48. The molecule has 1 nitrogen and oxygen atoms in total. The minimum atomic E-state index is 0.951. The number of benzene rings is 1. The fourth-order valence-electron chi connectivity index (χ4n) is 1.52. The van der Waals surface area contributed by atoms with E-state index in [0.29, 0.717) is 0 Å². The molecule has 0 atom stereocenters. The normalized spacial score (nSPS) is 10.9. The Bertz CT molecular complexity index is 417. The van der Waals surface area contributed by atoms with Crippen molar-refractivity contribution in [2.24, 2.45) is 0 Å². The Kier molecular flexibility index (Phi) is 2.34. The van der Waals surface area contributed by atoms with Crippen molar-refractivity contribution in [2.45, 2.75) is 13.5 Å². The molecular formula is C11H13NS. The minimum Gasteiger partial charge on any atom is -0.316 e. The molecule has 13 heavy (non-hydrogen) atoms. The largest absolute Gasteiger partial charge is 0.316 e. The highest BCUT2D eigenvalue weighted by atomic mass is 32.1. The van der Waals surface area contributed by atoms with Gasteiger partial charge in [0.25, 0.3) is 0 Å². The first kappa shape index (κ1) is 8.73. The molecule has 1 heterocycles. The fourth-order valence-corrected chi connectivity index (χ4v) is 2.53. The highest BCUT2D eigenvalue weighted by Gasteiger charge is 2.00. The quantitative estimate of drug-likeness (QED) is 0.769. The lowest BCUT2D eigenvalue weighted by molar-refractivity contribution is 0.819. The Balaban J connectivity index is 2.50. The first-order valence-corrected chi connectivity index (χ1v) is 5.30. The van der Waals surface area contributed by atoms with Crippen LogP contribution in [0, 0.1) is 6.92 Å². The van der Waals surface area contributed by atoms with E-state index in [1.165, 1.54) is 21.2 Å². The Morgan fingerprint density at radius 2 is 2.23 bits per heavy atom. The smallest absolute Gasteiger partial charge is 0.0348 e. The summed E-state index contributed by atoms with van der Waals surface area (Å²) in [7, 11) is 1.98. The van der Waals surface area contributed by atoms with Gasteiger partial charge in [0.1, 0.15) is 0 Å². The van der Waals surface area contributed by atoms with Crippen LogP contribution in [0.1, 0.15) is 11.1 Å². The van der Waals surface area contributed by atoms with Crippen LogP contribution >= 0.6 is 11.3 Å². The van der Waals surface area contributed by atoms with Crippen LogP contribution in [0.4, 0.5) is 0 Å². The Morgan fingerprint density at radius 1 is 1.38 bits per heavy atom. The first-order valence-electron chi connectivity index (χ1n) is 4.42. The highest BCUT2D eigenvalue weighted by molar-refractivity contribution is 7.17. The second-order valence-electron chi connectivity index (χ2n) is 3.28. The van der Waals surface area contributed by atoms with E-state index in [9.17, 15) is 0 Å². The van der Waals surface area contributed by atoms with Crippen molar-refractivity contribution in [1.29, 1.82) is 0 Å². The van der Waals surface area contributed by atoms with Crippen molar-refractivity contribution < 1.29 is 0 Å². The van der Waals surface area contributed by atoms with Gasteiger partial charge in [-0.25, -0.2) is 0 Å². The van der Waals surface area contributed by atoms with Crippen LogP contribution in [0.5, 0.6) is 0 Å². The number of aryl methyl sites for hydroxylation is 1. The number of nitrogens with one attached hydrogen (secondary N) is 1. The molecule has 0 amide bonds. The molecule has 0 aliphatic heterocycles. The van der Waals surface area contributed by atoms with E-state index < -0.39 is 0 Å². The third kappa shape index (κ3) is 1.60. The molecule has 0 radical (unpaired) electrons. The molecule has 68 valence electrons. The zero-order valence-electron chi connectivity index (χ0n) is 7.92. The first-order chi connectivity index (χ1) is 6.31. The van der Waals surface area contributed by atoms with E-state index in [4.69, 9.17) is 0 Å². The topological polar surface area (TPSA) is 12.0 Å². The van der Waals surface area contributed by atoms with Gasteiger partial charge in [-0.05, 0) is 41.9 Å². The molecule has 0 spiro atoms. The van der Waals surface area contributed by atoms with Crippen molar-refractivity contribution in [1.82, 2.24) is 5.32 Å². The second kappa shape index (κ2) is 3.48. The lowest BCUT2D eigenvalue weighted by atomic mass is 10.1. The van der Waals surface area contributed by atoms with Gasteiger partial charge >= 0.3 is 0 Å². The zero-order valence-corrected chi connectivity index (χ0v) is 8.74. The van der Waals surface area contributed by atoms with Crippen molar-refractivity contribution in [3.05, 3.63) is 34.7 Å². The lowest BCUT2D eigenvalue weighted by Gasteiger charge is -1.99. The summed E-state index contributed by atoms with van der Waals surface area (Å²) in [5.74, 6) is 0. The van der Waals surface area contributed by atoms with E-state index in [2.05, 4.69) is 35.8 Å². The number of fused-ring (bicyclic) bond motifs is 1. The second-order valence-corrected chi connectivity index (χ2v) is 4.19. The van der Waals surface area contributed by atoms with Crippen LogP contribution in [-0.2, 0) is 6.54 Å². The predicted octanol–water partition coefficient (Wildman–Crippen LogP) is 2.93. The maximum Gasteiger partial charge on any atom is 0.0348 e. The molecule has 0 unspecified atom stereocenters. The van der Waals surface area contributed by atoms with Gasteiger partial charge < -0.3 is 5.32 Å². The Labute approximate surface area is 82.4 Å². The Morgan fingerprint density at radius 3 is 3.00 bits per heavy atom. The van der Waals surface area contributed by atoms with Gasteiger partial charge in [-0.1, -0.05) is 12.1 Å². The van der Waals surface area contributed by atoms with Crippen molar-refractivity contribution in [3.63, 3.8) is 0 Å². The van der Waals surface area contributed by atoms with Crippen LogP contribution in [0.2, 0.25) is 0 Å². The Hall–Kier alpha value is -0.860. The van der Waals surface area contributed by atoms with Crippen molar-refractivity contribution in [2.75, 3.05) is 7.05 Å².